The van der Waals surface area contributed by atoms with E-state index in [9.17, 15) is 0 Å². The van der Waals surface area contributed by atoms with Gasteiger partial charge in [-0.15, -0.1) is 22.7 Å². The van der Waals surface area contributed by atoms with E-state index in [2.05, 4.69) is 40.1 Å². The second-order valence-electron chi connectivity index (χ2n) is 4.60. The van der Waals surface area contributed by atoms with Crippen molar-refractivity contribution in [3.63, 3.8) is 0 Å². The second-order valence-corrected chi connectivity index (χ2v) is 7.11. The van der Waals surface area contributed by atoms with Gasteiger partial charge in [0, 0.05) is 21.9 Å². The highest BCUT2D eigenvalue weighted by molar-refractivity contribution is 7.23. The first-order valence-corrected chi connectivity index (χ1v) is 6.70. The van der Waals surface area contributed by atoms with E-state index in [1.54, 1.807) is 0 Å². The monoisotopic (exact) mass is 236 g/mol. The molecule has 0 aromatic carbocycles. The Morgan fingerprint density at radius 3 is 1.67 bits per heavy atom. The van der Waals surface area contributed by atoms with Crippen molar-refractivity contribution in [2.24, 2.45) is 0 Å². The van der Waals surface area contributed by atoms with Crippen molar-refractivity contribution in [3.8, 4) is 9.75 Å². The maximum atomic E-state index is 2.34. The quantitative estimate of drug-likeness (QED) is 0.598. The fourth-order valence-electron chi connectivity index (χ4n) is 2.29. The molecule has 1 aliphatic heterocycles. The first kappa shape index (κ1) is 9.58. The van der Waals surface area contributed by atoms with Crippen molar-refractivity contribution in [3.05, 3.63) is 21.9 Å². The molecular weight excluding hydrogens is 222 g/mol. The zero-order valence-electron chi connectivity index (χ0n) is 9.42. The topological polar surface area (TPSA) is 0 Å². The van der Waals surface area contributed by atoms with Gasteiger partial charge in [-0.1, -0.05) is 0 Å². The van der Waals surface area contributed by atoms with Crippen molar-refractivity contribution in [1.29, 1.82) is 0 Å². The molecule has 3 heterocycles. The second kappa shape index (κ2) is 2.73. The van der Waals surface area contributed by atoms with Crippen LogP contribution in [-0.2, 0) is 0 Å². The van der Waals surface area contributed by atoms with E-state index in [0.717, 1.165) is 4.48 Å². The molecule has 1 nitrogen and oxygen atoms in total. The van der Waals surface area contributed by atoms with Gasteiger partial charge in [0.2, 0.25) is 0 Å². The first-order valence-electron chi connectivity index (χ1n) is 5.06. The standard InChI is InChI=1S/C12H14NS2/c1-7-5-9-11(14-7)12-10(13(9,3)4)6-8(2)15-12/h5-6H,1-4H3/q+1. The lowest BCUT2D eigenvalue weighted by Crippen LogP contribution is -2.31. The number of nitrogens with zero attached hydrogens (tertiary/aromatic N) is 1. The highest BCUT2D eigenvalue weighted by Gasteiger charge is 2.40. The van der Waals surface area contributed by atoms with E-state index < -0.39 is 0 Å². The van der Waals surface area contributed by atoms with E-state index >= 15 is 0 Å². The van der Waals surface area contributed by atoms with Gasteiger partial charge in [-0.05, 0) is 13.8 Å². The summed E-state index contributed by atoms with van der Waals surface area (Å²) in [5.74, 6) is 0. The van der Waals surface area contributed by atoms with Gasteiger partial charge in [-0.25, -0.2) is 0 Å². The van der Waals surface area contributed by atoms with Gasteiger partial charge in [0.15, 0.2) is 11.4 Å². The predicted molar refractivity (Wildman–Crippen MR) is 70.4 cm³/mol. The Kier molecular flexibility index (Phi) is 1.74. The minimum atomic E-state index is 0.916. The molecule has 2 aromatic heterocycles. The van der Waals surface area contributed by atoms with Crippen LogP contribution in [0.2, 0.25) is 0 Å². The molecule has 0 fully saturated rings. The summed E-state index contributed by atoms with van der Waals surface area (Å²) in [7, 11) is 4.56. The maximum Gasteiger partial charge on any atom is 0.157 e. The Balaban J connectivity index is 2.38. The number of thiophene rings is 2. The van der Waals surface area contributed by atoms with Gasteiger partial charge in [0.1, 0.15) is 9.75 Å². The Bertz CT molecular complexity index is 498. The van der Waals surface area contributed by atoms with Crippen molar-refractivity contribution in [2.45, 2.75) is 13.8 Å². The molecule has 0 N–H and O–H groups in total. The summed E-state index contributed by atoms with van der Waals surface area (Å²) in [6.07, 6.45) is 0. The minimum Gasteiger partial charge on any atom is -0.261 e. The molecule has 0 aliphatic carbocycles. The summed E-state index contributed by atoms with van der Waals surface area (Å²) in [4.78, 5) is 5.82. The molecule has 0 bridgehead atoms. The van der Waals surface area contributed by atoms with Crippen LogP contribution >= 0.6 is 22.7 Å². The molecule has 1 aliphatic rings. The van der Waals surface area contributed by atoms with Crippen LogP contribution in [0.25, 0.3) is 9.75 Å². The van der Waals surface area contributed by atoms with E-state index in [1.165, 1.54) is 30.9 Å². The van der Waals surface area contributed by atoms with Gasteiger partial charge < -0.3 is 0 Å². The van der Waals surface area contributed by atoms with Crippen LogP contribution in [0.3, 0.4) is 0 Å². The Hall–Kier alpha value is -0.640. The molecule has 0 spiro atoms. The van der Waals surface area contributed by atoms with E-state index in [0.29, 0.717) is 0 Å². The lowest BCUT2D eigenvalue weighted by atomic mass is 10.3. The number of rotatable bonds is 0. The lowest BCUT2D eigenvalue weighted by molar-refractivity contribution is 0.570. The smallest absolute Gasteiger partial charge is 0.157 e. The maximum absolute atomic E-state index is 2.34. The molecule has 0 atom stereocenters. The Labute approximate surface area is 98.2 Å². The van der Waals surface area contributed by atoms with E-state index in [-0.39, 0.29) is 0 Å². The highest BCUT2D eigenvalue weighted by Crippen LogP contribution is 2.57. The summed E-state index contributed by atoms with van der Waals surface area (Å²) in [6.45, 7) is 4.40. The summed E-state index contributed by atoms with van der Waals surface area (Å²) in [5.41, 5.74) is 2.94. The summed E-state index contributed by atoms with van der Waals surface area (Å²) < 4.78 is 0.916. The van der Waals surface area contributed by atoms with Crippen molar-refractivity contribution >= 4 is 34.0 Å². The lowest BCUT2D eigenvalue weighted by Gasteiger charge is -2.22. The zero-order chi connectivity index (χ0) is 10.8. The van der Waals surface area contributed by atoms with Crippen LogP contribution in [0.5, 0.6) is 0 Å². The number of hydrogen-bond donors (Lipinski definition) is 0. The van der Waals surface area contributed by atoms with E-state index in [1.807, 2.05) is 22.7 Å². The Morgan fingerprint density at radius 2 is 1.27 bits per heavy atom. The molecule has 0 saturated carbocycles. The SMILES string of the molecule is Cc1cc2c(s1)-c1sc(C)cc1[N+]2(C)C. The molecular formula is C12H14NS2+. The molecule has 0 amide bonds. The van der Waals surface area contributed by atoms with Crippen molar-refractivity contribution in [1.82, 2.24) is 4.48 Å². The number of quaternary nitrogens is 1. The molecule has 15 heavy (non-hydrogen) atoms. The van der Waals surface area contributed by atoms with Gasteiger partial charge in [0.05, 0.1) is 14.1 Å². The van der Waals surface area contributed by atoms with Crippen LogP contribution in [0.1, 0.15) is 9.75 Å². The largest absolute Gasteiger partial charge is 0.261 e. The highest BCUT2D eigenvalue weighted by atomic mass is 32.1. The first-order chi connectivity index (χ1) is 7.00. The molecule has 3 rings (SSSR count). The normalized spacial score (nSPS) is 16.5. The number of hydrogen-bond acceptors (Lipinski definition) is 2. The van der Waals surface area contributed by atoms with Crippen LogP contribution in [0.15, 0.2) is 12.1 Å². The van der Waals surface area contributed by atoms with Crippen LogP contribution in [0, 0.1) is 13.8 Å². The molecule has 0 radical (unpaired) electrons. The number of fused-ring (bicyclic) bond motifs is 3. The molecule has 2 aromatic rings. The van der Waals surface area contributed by atoms with Gasteiger partial charge in [0.25, 0.3) is 0 Å². The molecule has 3 heteroatoms. The molecule has 0 saturated heterocycles. The number of aryl methyl sites for hydroxylation is 2. The third-order valence-electron chi connectivity index (χ3n) is 3.08. The average molecular weight is 236 g/mol. The van der Waals surface area contributed by atoms with Gasteiger partial charge in [-0.2, -0.15) is 0 Å². The Morgan fingerprint density at radius 1 is 0.867 bits per heavy atom. The third-order valence-corrected chi connectivity index (χ3v) is 5.33. The summed E-state index contributed by atoms with van der Waals surface area (Å²) in [5, 5.41) is 0. The van der Waals surface area contributed by atoms with Crippen LogP contribution in [-0.4, -0.2) is 14.1 Å². The molecule has 78 valence electrons. The summed E-state index contributed by atoms with van der Waals surface area (Å²) in [6, 6.07) is 4.67. The van der Waals surface area contributed by atoms with Gasteiger partial charge in [-0.3, -0.25) is 4.48 Å². The van der Waals surface area contributed by atoms with Crippen LogP contribution in [0.4, 0.5) is 11.4 Å². The van der Waals surface area contributed by atoms with E-state index in [4.69, 9.17) is 0 Å². The predicted octanol–water partition coefficient (Wildman–Crippen LogP) is 4.31. The fraction of sp³-hybridized carbons (Fsp3) is 0.333. The van der Waals surface area contributed by atoms with Crippen molar-refractivity contribution in [2.75, 3.05) is 14.1 Å². The minimum absolute atomic E-state index is 0.916. The zero-order valence-corrected chi connectivity index (χ0v) is 11.1. The van der Waals surface area contributed by atoms with Crippen LogP contribution < -0.4 is 4.48 Å². The summed E-state index contributed by atoms with van der Waals surface area (Å²) >= 11 is 3.86. The average Bonchev–Trinajstić information content (AvgIpc) is 2.72. The fourth-order valence-corrected chi connectivity index (χ4v) is 4.70. The van der Waals surface area contributed by atoms with Crippen molar-refractivity contribution < 1.29 is 0 Å². The molecule has 0 unspecified atom stereocenters. The van der Waals surface area contributed by atoms with Gasteiger partial charge >= 0.3 is 0 Å². The third kappa shape index (κ3) is 1.11.